The predicted octanol–water partition coefficient (Wildman–Crippen LogP) is 0.850. The third-order valence-corrected chi connectivity index (χ3v) is 1.57. The summed E-state index contributed by atoms with van der Waals surface area (Å²) in [7, 11) is -0.323. The van der Waals surface area contributed by atoms with Crippen LogP contribution in [0.25, 0.3) is 0 Å². The summed E-state index contributed by atoms with van der Waals surface area (Å²) in [6.07, 6.45) is 1.74. The molecule has 0 saturated heterocycles. The summed E-state index contributed by atoms with van der Waals surface area (Å²) >= 11 is 0. The van der Waals surface area contributed by atoms with Crippen molar-refractivity contribution in [3.05, 3.63) is 24.4 Å². The molecule has 0 aromatic carbocycles. The summed E-state index contributed by atoms with van der Waals surface area (Å²) in [4.78, 5) is 4.17. The zero-order valence-electron chi connectivity index (χ0n) is 8.06. The molecule has 0 atom stereocenters. The number of hydrogen-bond donors (Lipinski definition) is 0. The molecule has 1 rings (SSSR count). The average Bonchev–Trinajstić information content (AvgIpc) is 2.19. The monoisotopic (exact) mass is 179 g/mol. The largest absolute Gasteiger partial charge is 0.513 e. The Kier molecular flexibility index (Phi) is 4.50. The lowest BCUT2D eigenvalue weighted by Crippen LogP contribution is -2.38. The molecule has 0 bridgehead atoms. The van der Waals surface area contributed by atoms with Crippen molar-refractivity contribution in [2.24, 2.45) is 0 Å². The van der Waals surface area contributed by atoms with Crippen LogP contribution in [-0.2, 0) is 9.31 Å². The van der Waals surface area contributed by atoms with Crippen LogP contribution in [0.15, 0.2) is 24.4 Å². The van der Waals surface area contributed by atoms with Gasteiger partial charge in [-0.25, -0.2) is 0 Å². The molecule has 0 spiro atoms. The molecule has 0 radical (unpaired) electrons. The molecular formula is C9H14BNO2. The number of aromatic nitrogens is 1. The van der Waals surface area contributed by atoms with E-state index in [2.05, 4.69) is 4.98 Å². The highest BCUT2D eigenvalue weighted by molar-refractivity contribution is 6.60. The summed E-state index contributed by atoms with van der Waals surface area (Å²) < 4.78 is 10.8. The molecule has 0 aliphatic heterocycles. The highest BCUT2D eigenvalue weighted by Gasteiger charge is 2.20. The first-order chi connectivity index (χ1) is 6.38. The zero-order valence-corrected chi connectivity index (χ0v) is 8.06. The summed E-state index contributed by atoms with van der Waals surface area (Å²) in [5.74, 6) is 0. The van der Waals surface area contributed by atoms with Gasteiger partial charge < -0.3 is 9.31 Å². The molecule has 1 aromatic rings. The molecule has 3 nitrogen and oxygen atoms in total. The minimum absolute atomic E-state index is 0.323. The maximum Gasteiger partial charge on any atom is 0.513 e. The Morgan fingerprint density at radius 1 is 1.23 bits per heavy atom. The lowest BCUT2D eigenvalue weighted by molar-refractivity contribution is 0.224. The fraction of sp³-hybridized carbons (Fsp3) is 0.444. The van der Waals surface area contributed by atoms with Crippen LogP contribution in [0.1, 0.15) is 13.8 Å². The number of hydrogen-bond acceptors (Lipinski definition) is 3. The molecule has 13 heavy (non-hydrogen) atoms. The Hall–Kier alpha value is -0.865. The summed E-state index contributed by atoms with van der Waals surface area (Å²) in [6, 6.07) is 5.70. The van der Waals surface area contributed by atoms with E-state index in [4.69, 9.17) is 9.31 Å². The Morgan fingerprint density at radius 3 is 2.38 bits per heavy atom. The second-order valence-corrected chi connectivity index (χ2v) is 2.50. The molecule has 1 aromatic heterocycles. The maximum atomic E-state index is 5.38. The van der Waals surface area contributed by atoms with E-state index >= 15 is 0 Å². The van der Waals surface area contributed by atoms with Crippen LogP contribution in [0.4, 0.5) is 0 Å². The van der Waals surface area contributed by atoms with Gasteiger partial charge in [-0.05, 0) is 26.0 Å². The molecule has 0 aliphatic carbocycles. The van der Waals surface area contributed by atoms with E-state index in [1.807, 2.05) is 32.0 Å². The minimum Gasteiger partial charge on any atom is -0.407 e. The van der Waals surface area contributed by atoms with Gasteiger partial charge in [0.25, 0.3) is 0 Å². The Bertz CT molecular complexity index is 224. The van der Waals surface area contributed by atoms with Gasteiger partial charge in [-0.15, -0.1) is 0 Å². The van der Waals surface area contributed by atoms with Crippen molar-refractivity contribution in [3.8, 4) is 0 Å². The van der Waals surface area contributed by atoms with Gasteiger partial charge in [-0.1, -0.05) is 6.07 Å². The fourth-order valence-electron chi connectivity index (χ4n) is 1.04. The van der Waals surface area contributed by atoms with E-state index < -0.39 is 0 Å². The Balaban J connectivity index is 2.64. The van der Waals surface area contributed by atoms with Gasteiger partial charge in [0.05, 0.1) is 5.59 Å². The van der Waals surface area contributed by atoms with Crippen LogP contribution >= 0.6 is 0 Å². The second-order valence-electron chi connectivity index (χ2n) is 2.50. The van der Waals surface area contributed by atoms with Crippen molar-refractivity contribution in [2.75, 3.05) is 13.2 Å². The molecular weight excluding hydrogens is 165 g/mol. The SMILES string of the molecule is CCOB(OCC)c1ccccn1. The molecule has 0 N–H and O–H groups in total. The quantitative estimate of drug-likeness (QED) is 0.628. The molecule has 0 aliphatic rings. The van der Waals surface area contributed by atoms with Crippen molar-refractivity contribution in [3.63, 3.8) is 0 Å². The fourth-order valence-corrected chi connectivity index (χ4v) is 1.04. The molecule has 1 heterocycles. The van der Waals surface area contributed by atoms with E-state index in [-0.39, 0.29) is 7.12 Å². The van der Waals surface area contributed by atoms with Crippen LogP contribution in [-0.4, -0.2) is 25.3 Å². The summed E-state index contributed by atoms with van der Waals surface area (Å²) in [5, 5.41) is 0. The average molecular weight is 179 g/mol. The smallest absolute Gasteiger partial charge is 0.407 e. The van der Waals surface area contributed by atoms with Crippen LogP contribution in [0.5, 0.6) is 0 Å². The van der Waals surface area contributed by atoms with E-state index in [1.54, 1.807) is 6.20 Å². The van der Waals surface area contributed by atoms with Gasteiger partial charge in [-0.2, -0.15) is 0 Å². The van der Waals surface area contributed by atoms with E-state index in [9.17, 15) is 0 Å². The molecule has 70 valence electrons. The van der Waals surface area contributed by atoms with Gasteiger partial charge in [0, 0.05) is 19.4 Å². The van der Waals surface area contributed by atoms with Crippen molar-refractivity contribution in [1.82, 2.24) is 4.98 Å². The predicted molar refractivity (Wildman–Crippen MR) is 52.9 cm³/mol. The minimum atomic E-state index is -0.323. The Labute approximate surface area is 79.2 Å². The van der Waals surface area contributed by atoms with E-state index in [0.717, 1.165) is 5.59 Å². The van der Waals surface area contributed by atoms with Crippen LogP contribution < -0.4 is 5.59 Å². The lowest BCUT2D eigenvalue weighted by Gasteiger charge is -2.10. The summed E-state index contributed by atoms with van der Waals surface area (Å²) in [6.45, 7) is 5.13. The van der Waals surface area contributed by atoms with Gasteiger partial charge in [-0.3, -0.25) is 4.98 Å². The van der Waals surface area contributed by atoms with Crippen molar-refractivity contribution in [2.45, 2.75) is 13.8 Å². The van der Waals surface area contributed by atoms with Crippen molar-refractivity contribution >= 4 is 12.7 Å². The second kappa shape index (κ2) is 5.72. The van der Waals surface area contributed by atoms with Crippen molar-refractivity contribution < 1.29 is 9.31 Å². The third kappa shape index (κ3) is 3.16. The highest BCUT2D eigenvalue weighted by Crippen LogP contribution is 1.90. The molecule has 0 unspecified atom stereocenters. The standard InChI is InChI=1S/C9H14BNO2/c1-3-12-10(13-4-2)9-7-5-6-8-11-9/h5-8H,3-4H2,1-2H3. The maximum absolute atomic E-state index is 5.38. The first kappa shape index (κ1) is 10.2. The van der Waals surface area contributed by atoms with Crippen LogP contribution in [0, 0.1) is 0 Å². The molecule has 0 fully saturated rings. The van der Waals surface area contributed by atoms with Crippen molar-refractivity contribution in [1.29, 1.82) is 0 Å². The van der Waals surface area contributed by atoms with Gasteiger partial charge >= 0.3 is 7.12 Å². The number of nitrogens with zero attached hydrogens (tertiary/aromatic N) is 1. The van der Waals surface area contributed by atoms with Gasteiger partial charge in [0.15, 0.2) is 0 Å². The van der Waals surface area contributed by atoms with Crippen LogP contribution in [0.3, 0.4) is 0 Å². The van der Waals surface area contributed by atoms with E-state index in [0.29, 0.717) is 13.2 Å². The lowest BCUT2D eigenvalue weighted by atomic mass is 9.84. The molecule has 0 saturated carbocycles. The number of rotatable bonds is 5. The van der Waals surface area contributed by atoms with E-state index in [1.165, 1.54) is 0 Å². The highest BCUT2D eigenvalue weighted by atomic mass is 16.6. The normalized spacial score (nSPS) is 10.0. The van der Waals surface area contributed by atoms with Gasteiger partial charge in [0.2, 0.25) is 0 Å². The van der Waals surface area contributed by atoms with Gasteiger partial charge in [0.1, 0.15) is 0 Å². The molecule has 0 amide bonds. The third-order valence-electron chi connectivity index (χ3n) is 1.57. The summed E-state index contributed by atoms with van der Waals surface area (Å²) in [5.41, 5.74) is 0.825. The zero-order chi connectivity index (χ0) is 9.52. The van der Waals surface area contributed by atoms with Crippen LogP contribution in [0.2, 0.25) is 0 Å². The molecule has 4 heteroatoms. The first-order valence-corrected chi connectivity index (χ1v) is 4.52. The number of pyridine rings is 1. The first-order valence-electron chi connectivity index (χ1n) is 4.52. The Morgan fingerprint density at radius 2 is 1.92 bits per heavy atom. The topological polar surface area (TPSA) is 31.4 Å².